The lowest BCUT2D eigenvalue weighted by Gasteiger charge is -2.32. The molecule has 1 saturated heterocycles. The first-order valence-corrected chi connectivity index (χ1v) is 7.55. The van der Waals surface area contributed by atoms with Gasteiger partial charge in [-0.15, -0.1) is 0 Å². The van der Waals surface area contributed by atoms with Crippen LogP contribution in [0.4, 0.5) is 8.78 Å². The second-order valence-corrected chi connectivity index (χ2v) is 6.20. The number of rotatable bonds is 4. The molecule has 2 atom stereocenters. The number of nitrogens with zero attached hydrogens (tertiary/aromatic N) is 1. The summed E-state index contributed by atoms with van der Waals surface area (Å²) >= 11 is 0. The van der Waals surface area contributed by atoms with Gasteiger partial charge in [0.2, 0.25) is 0 Å². The van der Waals surface area contributed by atoms with Crippen LogP contribution in [0.2, 0.25) is 0 Å². The molecule has 1 heterocycles. The molecule has 1 fully saturated rings. The third kappa shape index (κ3) is 4.22. The molecule has 0 radical (unpaired) electrons. The standard InChI is InChI=1S/C15H22F2NP/c1-2-12-4-3-9-18(10-12)11-13-5-7-14(8-6-13)15(16,17)19/h5-8,12H,2-4,9-11,19H2,1H3. The van der Waals surface area contributed by atoms with Crippen LogP contribution in [0.1, 0.15) is 37.3 Å². The molecule has 4 heteroatoms. The maximum atomic E-state index is 13.1. The summed E-state index contributed by atoms with van der Waals surface area (Å²) in [6.07, 6.45) is 3.81. The average molecular weight is 285 g/mol. The van der Waals surface area contributed by atoms with Gasteiger partial charge in [0.05, 0.1) is 0 Å². The van der Waals surface area contributed by atoms with E-state index in [0.29, 0.717) is 0 Å². The highest BCUT2D eigenvalue weighted by molar-refractivity contribution is 7.17. The van der Waals surface area contributed by atoms with Gasteiger partial charge in [-0.3, -0.25) is 4.90 Å². The first kappa shape index (κ1) is 14.9. The second kappa shape index (κ2) is 6.28. The van der Waals surface area contributed by atoms with E-state index in [2.05, 4.69) is 11.8 Å². The molecule has 1 aromatic carbocycles. The molecule has 106 valence electrons. The Balaban J connectivity index is 1.96. The third-order valence-electron chi connectivity index (χ3n) is 3.93. The predicted octanol–water partition coefficient (Wildman–Crippen LogP) is 4.23. The van der Waals surface area contributed by atoms with E-state index in [1.165, 1.54) is 31.4 Å². The molecule has 0 aliphatic carbocycles. The van der Waals surface area contributed by atoms with Gasteiger partial charge in [0.25, 0.3) is 5.66 Å². The normalized spacial score (nSPS) is 21.6. The molecule has 0 aromatic heterocycles. The number of likely N-dealkylation sites (tertiary alicyclic amines) is 1. The van der Waals surface area contributed by atoms with Gasteiger partial charge in [-0.1, -0.05) is 46.8 Å². The number of benzene rings is 1. The molecule has 2 unspecified atom stereocenters. The molecule has 0 N–H and O–H groups in total. The Morgan fingerprint density at radius 1 is 1.32 bits per heavy atom. The number of hydrogen-bond donors (Lipinski definition) is 0. The van der Waals surface area contributed by atoms with Gasteiger partial charge in [-0.25, -0.2) is 0 Å². The van der Waals surface area contributed by atoms with E-state index in [1.807, 2.05) is 12.1 Å². The predicted molar refractivity (Wildman–Crippen MR) is 78.3 cm³/mol. The van der Waals surface area contributed by atoms with Crippen LogP contribution in [0.15, 0.2) is 24.3 Å². The van der Waals surface area contributed by atoms with Crippen LogP contribution >= 0.6 is 9.24 Å². The van der Waals surface area contributed by atoms with Gasteiger partial charge < -0.3 is 0 Å². The highest BCUT2D eigenvalue weighted by Crippen LogP contribution is 2.34. The molecule has 0 saturated carbocycles. The van der Waals surface area contributed by atoms with Gasteiger partial charge in [-0.05, 0) is 30.9 Å². The molecule has 1 nitrogen and oxygen atoms in total. The van der Waals surface area contributed by atoms with E-state index in [4.69, 9.17) is 0 Å². The van der Waals surface area contributed by atoms with E-state index >= 15 is 0 Å². The van der Waals surface area contributed by atoms with Crippen molar-refractivity contribution in [3.63, 3.8) is 0 Å². The first-order valence-electron chi connectivity index (χ1n) is 6.97. The SMILES string of the molecule is CCC1CCCN(Cc2ccc(C(F)(F)P)cc2)C1. The van der Waals surface area contributed by atoms with Crippen molar-refractivity contribution < 1.29 is 8.78 Å². The maximum absolute atomic E-state index is 13.1. The van der Waals surface area contributed by atoms with Crippen molar-refractivity contribution in [2.75, 3.05) is 13.1 Å². The summed E-state index contributed by atoms with van der Waals surface area (Å²) in [5, 5.41) is 0. The topological polar surface area (TPSA) is 3.24 Å². The van der Waals surface area contributed by atoms with Crippen molar-refractivity contribution in [1.82, 2.24) is 4.90 Å². The van der Waals surface area contributed by atoms with Gasteiger partial charge in [0, 0.05) is 18.7 Å². The van der Waals surface area contributed by atoms with Gasteiger partial charge >= 0.3 is 0 Å². The van der Waals surface area contributed by atoms with Crippen molar-refractivity contribution in [3.8, 4) is 0 Å². The summed E-state index contributed by atoms with van der Waals surface area (Å²) < 4.78 is 26.2. The monoisotopic (exact) mass is 285 g/mol. The van der Waals surface area contributed by atoms with E-state index in [0.717, 1.165) is 31.1 Å². The Kier molecular flexibility index (Phi) is 4.92. The number of halogens is 2. The minimum Gasteiger partial charge on any atom is -0.299 e. The highest BCUT2D eigenvalue weighted by atomic mass is 31.0. The van der Waals surface area contributed by atoms with Gasteiger partial charge in [0.1, 0.15) is 0 Å². The average Bonchev–Trinajstić information content (AvgIpc) is 2.38. The summed E-state index contributed by atoms with van der Waals surface area (Å²) in [5.41, 5.74) is -1.64. The molecular weight excluding hydrogens is 263 g/mol. The molecule has 1 aliphatic rings. The molecule has 1 aliphatic heterocycles. The van der Waals surface area contributed by atoms with E-state index < -0.39 is 5.66 Å². The van der Waals surface area contributed by atoms with Crippen LogP contribution in [-0.2, 0) is 12.2 Å². The molecule has 0 bridgehead atoms. The zero-order chi connectivity index (χ0) is 13.9. The molecule has 0 spiro atoms. The van der Waals surface area contributed by atoms with E-state index in [-0.39, 0.29) is 5.56 Å². The zero-order valence-electron chi connectivity index (χ0n) is 11.4. The summed E-state index contributed by atoms with van der Waals surface area (Å²) in [5.74, 6) is 0.796. The lowest BCUT2D eigenvalue weighted by molar-refractivity contribution is 0.104. The van der Waals surface area contributed by atoms with Gasteiger partial charge in [-0.2, -0.15) is 8.78 Å². The van der Waals surface area contributed by atoms with Crippen LogP contribution in [0.5, 0.6) is 0 Å². The van der Waals surface area contributed by atoms with Crippen LogP contribution < -0.4 is 0 Å². The summed E-state index contributed by atoms with van der Waals surface area (Å²) in [6, 6.07) is 6.71. The largest absolute Gasteiger partial charge is 0.299 e. The van der Waals surface area contributed by atoms with Crippen LogP contribution in [0.3, 0.4) is 0 Å². The van der Waals surface area contributed by atoms with Crippen molar-refractivity contribution >= 4 is 9.24 Å². The van der Waals surface area contributed by atoms with E-state index in [9.17, 15) is 8.78 Å². The molecular formula is C15H22F2NP. The lowest BCUT2D eigenvalue weighted by atomic mass is 9.95. The number of alkyl halides is 2. The number of hydrogen-bond acceptors (Lipinski definition) is 1. The van der Waals surface area contributed by atoms with Crippen molar-refractivity contribution in [3.05, 3.63) is 35.4 Å². The fourth-order valence-corrected chi connectivity index (χ4v) is 2.91. The minimum atomic E-state index is -2.82. The smallest absolute Gasteiger partial charge is 0.283 e. The third-order valence-corrected chi connectivity index (χ3v) is 4.26. The number of piperidine rings is 1. The van der Waals surface area contributed by atoms with Crippen LogP contribution in [-0.4, -0.2) is 18.0 Å². The molecule has 19 heavy (non-hydrogen) atoms. The Hall–Kier alpha value is -0.530. The van der Waals surface area contributed by atoms with Crippen molar-refractivity contribution in [1.29, 1.82) is 0 Å². The maximum Gasteiger partial charge on any atom is 0.283 e. The fourth-order valence-electron chi connectivity index (χ4n) is 2.72. The van der Waals surface area contributed by atoms with E-state index in [1.54, 1.807) is 9.24 Å². The molecule has 2 rings (SSSR count). The highest BCUT2D eigenvalue weighted by Gasteiger charge is 2.24. The van der Waals surface area contributed by atoms with Gasteiger partial charge in [0.15, 0.2) is 0 Å². The first-order chi connectivity index (χ1) is 8.99. The van der Waals surface area contributed by atoms with Crippen molar-refractivity contribution in [2.45, 2.75) is 38.4 Å². The minimum absolute atomic E-state index is 0.0614. The molecule has 0 amide bonds. The quantitative estimate of drug-likeness (QED) is 0.748. The molecule has 1 aromatic rings. The Morgan fingerprint density at radius 2 is 2.00 bits per heavy atom. The second-order valence-electron chi connectivity index (χ2n) is 5.47. The summed E-state index contributed by atoms with van der Waals surface area (Å²) in [7, 11) is 1.58. The fraction of sp³-hybridized carbons (Fsp3) is 0.600. The van der Waals surface area contributed by atoms with Crippen LogP contribution in [0.25, 0.3) is 0 Å². The Bertz CT molecular complexity index is 400. The Labute approximate surface area is 116 Å². The van der Waals surface area contributed by atoms with Crippen molar-refractivity contribution in [2.24, 2.45) is 5.92 Å². The Morgan fingerprint density at radius 3 is 2.58 bits per heavy atom. The summed E-state index contributed by atoms with van der Waals surface area (Å²) in [6.45, 7) is 5.37. The zero-order valence-corrected chi connectivity index (χ0v) is 12.6. The summed E-state index contributed by atoms with van der Waals surface area (Å²) in [4.78, 5) is 2.44. The van der Waals surface area contributed by atoms with Crippen LogP contribution in [0, 0.1) is 5.92 Å². The lowest BCUT2D eigenvalue weighted by Crippen LogP contribution is -2.34.